The van der Waals surface area contributed by atoms with E-state index < -0.39 is 67.1 Å². The van der Waals surface area contributed by atoms with Crippen molar-refractivity contribution in [3.05, 3.63) is 0 Å². The van der Waals surface area contributed by atoms with Crippen LogP contribution in [0.2, 0.25) is 0 Å². The second-order valence-electron chi connectivity index (χ2n) is 5.53. The molecule has 1 amide bonds. The normalized spacial score (nSPS) is 32.5. The van der Waals surface area contributed by atoms with Crippen LogP contribution >= 0.6 is 0 Å². The molecule has 0 spiro atoms. The van der Waals surface area contributed by atoms with E-state index >= 15 is 0 Å². The van der Waals surface area contributed by atoms with Crippen molar-refractivity contribution in [1.82, 2.24) is 5.32 Å². The van der Waals surface area contributed by atoms with Gasteiger partial charge in [0.25, 0.3) is 5.79 Å². The standard InChI is InChI=1S/C13H21NO10/c1-5(15)14-9-7(17)3-13(22,12(20)21)24-11(9)10(19)8(18)4-23-6(2)16/h7-11,17-19,22H,3-4H2,1-2H3,(H,14,15)(H,20,21)/t7-,8+,9+,10+,11+,13?/m0/s1. The number of ether oxygens (including phenoxy) is 2. The fourth-order valence-electron chi connectivity index (χ4n) is 2.33. The number of nitrogens with one attached hydrogen (secondary N) is 1. The van der Waals surface area contributed by atoms with Gasteiger partial charge in [-0.1, -0.05) is 0 Å². The molecule has 1 aliphatic heterocycles. The average Bonchev–Trinajstić information content (AvgIpc) is 2.46. The van der Waals surface area contributed by atoms with E-state index in [1.54, 1.807) is 0 Å². The Kier molecular flexibility index (Phi) is 6.63. The molecule has 6 N–H and O–H groups in total. The van der Waals surface area contributed by atoms with E-state index in [1.165, 1.54) is 0 Å². The summed E-state index contributed by atoms with van der Waals surface area (Å²) in [6, 6.07) is -1.30. The molecule has 1 fully saturated rings. The van der Waals surface area contributed by atoms with Crippen LogP contribution < -0.4 is 5.32 Å². The molecule has 11 nitrogen and oxygen atoms in total. The number of aliphatic carboxylic acids is 1. The number of amides is 1. The van der Waals surface area contributed by atoms with Gasteiger partial charge in [-0.05, 0) is 0 Å². The molecule has 6 atom stereocenters. The van der Waals surface area contributed by atoms with E-state index in [2.05, 4.69) is 10.1 Å². The number of carboxylic acid groups (broad SMARTS) is 1. The van der Waals surface area contributed by atoms with Crippen molar-refractivity contribution >= 4 is 17.8 Å². The van der Waals surface area contributed by atoms with Crippen molar-refractivity contribution in [3.63, 3.8) is 0 Å². The second kappa shape index (κ2) is 7.85. The van der Waals surface area contributed by atoms with Gasteiger partial charge in [-0.25, -0.2) is 4.79 Å². The van der Waals surface area contributed by atoms with Crippen molar-refractivity contribution in [2.24, 2.45) is 0 Å². The van der Waals surface area contributed by atoms with Crippen LogP contribution in [0.4, 0.5) is 0 Å². The lowest BCUT2D eigenvalue weighted by atomic mass is 9.88. The summed E-state index contributed by atoms with van der Waals surface area (Å²) >= 11 is 0. The van der Waals surface area contributed by atoms with Gasteiger partial charge in [0, 0.05) is 20.3 Å². The Morgan fingerprint density at radius 2 is 1.92 bits per heavy atom. The number of hydrogen-bond donors (Lipinski definition) is 6. The zero-order chi connectivity index (χ0) is 18.7. The largest absolute Gasteiger partial charge is 0.477 e. The molecule has 0 aromatic rings. The minimum Gasteiger partial charge on any atom is -0.477 e. The SMILES string of the molecule is CC(=O)N[C@H]1[C@H]([C@H](O)[C@H](O)COC(C)=O)OC(O)(C(=O)O)C[C@@H]1O. The van der Waals surface area contributed by atoms with Crippen molar-refractivity contribution in [3.8, 4) is 0 Å². The number of carbonyl (C=O) groups is 3. The minimum atomic E-state index is -2.82. The first-order valence-electron chi connectivity index (χ1n) is 7.06. The summed E-state index contributed by atoms with van der Waals surface area (Å²) in [6.45, 7) is 1.55. The zero-order valence-electron chi connectivity index (χ0n) is 13.1. The highest BCUT2D eigenvalue weighted by Gasteiger charge is 2.53. The van der Waals surface area contributed by atoms with Crippen molar-refractivity contribution in [2.45, 2.75) is 56.5 Å². The molecule has 0 radical (unpaired) electrons. The minimum absolute atomic E-state index is 0.616. The smallest absolute Gasteiger partial charge is 0.364 e. The number of aliphatic hydroxyl groups is 4. The third kappa shape index (κ3) is 4.85. The Bertz CT molecular complexity index is 497. The summed E-state index contributed by atoms with van der Waals surface area (Å²) in [5, 5.41) is 51.2. The molecule has 1 heterocycles. The summed E-state index contributed by atoms with van der Waals surface area (Å²) in [7, 11) is 0. The molecule has 1 rings (SSSR count). The van der Waals surface area contributed by atoms with Gasteiger partial charge in [-0.2, -0.15) is 0 Å². The van der Waals surface area contributed by atoms with Gasteiger partial charge in [-0.15, -0.1) is 0 Å². The van der Waals surface area contributed by atoms with Gasteiger partial charge in [0.05, 0.1) is 12.1 Å². The topological polar surface area (TPSA) is 183 Å². The third-order valence-electron chi connectivity index (χ3n) is 3.48. The van der Waals surface area contributed by atoms with Crippen molar-refractivity contribution in [2.75, 3.05) is 6.61 Å². The number of aliphatic hydroxyl groups excluding tert-OH is 3. The fraction of sp³-hybridized carbons (Fsp3) is 0.769. The molecule has 0 bridgehead atoms. The highest BCUT2D eigenvalue weighted by molar-refractivity contribution is 5.76. The van der Waals surface area contributed by atoms with Crippen LogP contribution in [0.3, 0.4) is 0 Å². The van der Waals surface area contributed by atoms with Crippen LogP contribution in [0.25, 0.3) is 0 Å². The first kappa shape index (κ1) is 20.3. The average molecular weight is 351 g/mol. The van der Waals surface area contributed by atoms with Gasteiger partial charge in [0.2, 0.25) is 5.91 Å². The molecule has 138 valence electrons. The number of carbonyl (C=O) groups excluding carboxylic acids is 2. The lowest BCUT2D eigenvalue weighted by Gasteiger charge is -2.44. The third-order valence-corrected chi connectivity index (χ3v) is 3.48. The van der Waals surface area contributed by atoms with E-state index in [9.17, 15) is 34.8 Å². The first-order chi connectivity index (χ1) is 11.0. The number of rotatable bonds is 6. The van der Waals surface area contributed by atoms with Gasteiger partial charge >= 0.3 is 11.9 Å². The van der Waals surface area contributed by atoms with Crippen LogP contribution in [0.1, 0.15) is 20.3 Å². The maximum absolute atomic E-state index is 11.2. The molecule has 1 aliphatic rings. The van der Waals surface area contributed by atoms with Gasteiger partial charge in [0.15, 0.2) is 0 Å². The molecule has 0 aromatic carbocycles. The lowest BCUT2D eigenvalue weighted by molar-refractivity contribution is -0.295. The monoisotopic (exact) mass is 351 g/mol. The summed E-state index contributed by atoms with van der Waals surface area (Å²) in [5.41, 5.74) is 0. The van der Waals surface area contributed by atoms with Crippen molar-refractivity contribution < 1.29 is 49.4 Å². The summed E-state index contributed by atoms with van der Waals surface area (Å²) in [5.74, 6) is -5.97. The zero-order valence-corrected chi connectivity index (χ0v) is 13.1. The molecule has 0 aliphatic carbocycles. The summed E-state index contributed by atoms with van der Waals surface area (Å²) < 4.78 is 9.46. The molecular formula is C13H21NO10. The number of carboxylic acids is 1. The van der Waals surface area contributed by atoms with Gasteiger partial charge in [0.1, 0.15) is 24.9 Å². The molecule has 24 heavy (non-hydrogen) atoms. The molecule has 0 saturated carbocycles. The van der Waals surface area contributed by atoms with E-state index in [0.717, 1.165) is 13.8 Å². The van der Waals surface area contributed by atoms with Gasteiger partial charge < -0.3 is 40.3 Å². The molecule has 1 saturated heterocycles. The molecule has 0 aromatic heterocycles. The van der Waals surface area contributed by atoms with Crippen LogP contribution in [0.5, 0.6) is 0 Å². The fourth-order valence-corrected chi connectivity index (χ4v) is 2.33. The second-order valence-corrected chi connectivity index (χ2v) is 5.53. The predicted molar refractivity (Wildman–Crippen MR) is 74.3 cm³/mol. The van der Waals surface area contributed by atoms with E-state index in [4.69, 9.17) is 9.84 Å². The van der Waals surface area contributed by atoms with Crippen LogP contribution in [0.15, 0.2) is 0 Å². The maximum atomic E-state index is 11.2. The lowest BCUT2D eigenvalue weighted by Crippen LogP contribution is -2.67. The Hall–Kier alpha value is -1.79. The highest BCUT2D eigenvalue weighted by Crippen LogP contribution is 2.30. The van der Waals surface area contributed by atoms with Crippen LogP contribution in [0, 0.1) is 0 Å². The maximum Gasteiger partial charge on any atom is 0.364 e. The van der Waals surface area contributed by atoms with Crippen LogP contribution in [-0.2, 0) is 23.9 Å². The predicted octanol–water partition coefficient (Wildman–Crippen LogP) is -3.30. The number of esters is 1. The van der Waals surface area contributed by atoms with E-state index in [1.807, 2.05) is 0 Å². The van der Waals surface area contributed by atoms with Crippen molar-refractivity contribution in [1.29, 1.82) is 0 Å². The quantitative estimate of drug-likeness (QED) is 0.265. The summed E-state index contributed by atoms with van der Waals surface area (Å²) in [6.07, 6.45) is -7.61. The Morgan fingerprint density at radius 3 is 2.38 bits per heavy atom. The Labute approximate surface area is 136 Å². The molecule has 11 heteroatoms. The Balaban J connectivity index is 3.01. The number of hydrogen-bond acceptors (Lipinski definition) is 9. The summed E-state index contributed by atoms with van der Waals surface area (Å²) in [4.78, 5) is 33.1. The Morgan fingerprint density at radius 1 is 1.33 bits per heavy atom. The van der Waals surface area contributed by atoms with E-state index in [0.29, 0.717) is 0 Å². The van der Waals surface area contributed by atoms with Crippen LogP contribution in [-0.4, -0.2) is 86.2 Å². The molecular weight excluding hydrogens is 330 g/mol. The van der Waals surface area contributed by atoms with Gasteiger partial charge in [-0.3, -0.25) is 9.59 Å². The highest BCUT2D eigenvalue weighted by atomic mass is 16.7. The van der Waals surface area contributed by atoms with E-state index in [-0.39, 0.29) is 0 Å². The first-order valence-corrected chi connectivity index (χ1v) is 7.06. The molecule has 1 unspecified atom stereocenters.